The molecule has 0 saturated heterocycles. The van der Waals surface area contributed by atoms with Crippen LogP contribution in [0.5, 0.6) is 0 Å². The molecule has 6 rings (SSSR count). The van der Waals surface area contributed by atoms with E-state index in [1.54, 1.807) is 41.5 Å². The average molecular weight is 951 g/mol. The van der Waals surface area contributed by atoms with Crippen LogP contribution in [0.4, 0.5) is 9.59 Å². The van der Waals surface area contributed by atoms with Gasteiger partial charge in [0, 0.05) is 24.6 Å². The number of carbonyl (C=O) groups is 4. The second-order valence-electron chi connectivity index (χ2n) is 18.2. The van der Waals surface area contributed by atoms with Crippen molar-refractivity contribution in [1.82, 2.24) is 21.3 Å². The summed E-state index contributed by atoms with van der Waals surface area (Å²) in [6, 6.07) is 58.5. The number of hydrogen-bond acceptors (Lipinski definition) is 8. The highest BCUT2D eigenvalue weighted by Crippen LogP contribution is 2.50. The van der Waals surface area contributed by atoms with Gasteiger partial charge < -0.3 is 30.7 Å². The minimum atomic E-state index is -1.04. The summed E-state index contributed by atoms with van der Waals surface area (Å²) in [5.74, 6) is -0.612. The van der Waals surface area contributed by atoms with Gasteiger partial charge in [0.15, 0.2) is 0 Å². The molecule has 0 heterocycles. The highest BCUT2D eigenvalue weighted by molar-refractivity contribution is 8.01. The third-order valence-corrected chi connectivity index (χ3v) is 14.0. The molecule has 12 heteroatoms. The molecular weight excluding hydrogens is 889 g/mol. The van der Waals surface area contributed by atoms with Gasteiger partial charge in [-0.15, -0.1) is 23.5 Å². The minimum Gasteiger partial charge on any atom is -0.444 e. The Morgan fingerprint density at radius 3 is 0.824 bits per heavy atom. The van der Waals surface area contributed by atoms with E-state index in [0.717, 1.165) is 33.4 Å². The Bertz CT molecular complexity index is 2150. The van der Waals surface area contributed by atoms with Crippen LogP contribution >= 0.6 is 23.5 Å². The van der Waals surface area contributed by atoms with Gasteiger partial charge in [0.25, 0.3) is 0 Å². The molecule has 0 saturated carbocycles. The van der Waals surface area contributed by atoms with Gasteiger partial charge in [-0.2, -0.15) is 0 Å². The van der Waals surface area contributed by atoms with Crippen LogP contribution < -0.4 is 21.3 Å². The van der Waals surface area contributed by atoms with Crippen molar-refractivity contribution in [2.75, 3.05) is 24.6 Å². The van der Waals surface area contributed by atoms with Gasteiger partial charge in [-0.1, -0.05) is 182 Å². The topological polar surface area (TPSA) is 135 Å². The van der Waals surface area contributed by atoms with Crippen LogP contribution in [-0.4, -0.2) is 71.9 Å². The number of alkyl carbamates (subject to hydrolysis) is 2. The number of nitrogens with one attached hydrogen (secondary N) is 4. The fourth-order valence-corrected chi connectivity index (χ4v) is 11.0. The number of ether oxygens (including phenoxy) is 2. The molecule has 6 aromatic carbocycles. The van der Waals surface area contributed by atoms with Gasteiger partial charge in [-0.25, -0.2) is 9.59 Å². The molecule has 68 heavy (non-hydrogen) atoms. The van der Waals surface area contributed by atoms with E-state index in [0.29, 0.717) is 0 Å². The molecule has 0 aliphatic rings. The standard InChI is InChI=1S/C56H62N4O6S2/c1-53(2,3)65-51(63)59-47(39-67-55(41-25-13-7-14-26-41,42-27-15-8-16-28-42)43-29-17-9-18-30-43)49(61)57-37-38-58-50(62)48(60-52(64)66-54(4,5)6)40-68-56(44-31-19-10-20-32-44,45-33-21-11-22-34-45)46-35-23-12-24-36-46/h7-36,47-48H,37-40H2,1-6H3,(H,57,61)(H,58,62)(H,59,63)(H,60,64)/t47-,48-/m0/s1. The SMILES string of the molecule is CC(C)(C)OC(=O)N[C@@H](CSC(c1ccccc1)(c1ccccc1)c1ccccc1)C(=O)NCCNC(=O)[C@H](CSC(c1ccccc1)(c1ccccc1)c1ccccc1)NC(=O)OC(C)(C)C. The summed E-state index contributed by atoms with van der Waals surface area (Å²) in [7, 11) is 0. The van der Waals surface area contributed by atoms with E-state index < -0.39 is 56.8 Å². The Morgan fingerprint density at radius 2 is 0.618 bits per heavy atom. The molecule has 10 nitrogen and oxygen atoms in total. The molecule has 354 valence electrons. The molecular formula is C56H62N4O6S2. The summed E-state index contributed by atoms with van der Waals surface area (Å²) in [5.41, 5.74) is 4.40. The minimum absolute atomic E-state index is 0.0250. The van der Waals surface area contributed by atoms with Crippen molar-refractivity contribution in [3.63, 3.8) is 0 Å². The number of carbonyl (C=O) groups excluding carboxylic acids is 4. The van der Waals surface area contributed by atoms with Crippen molar-refractivity contribution in [3.8, 4) is 0 Å². The number of hydrogen-bond donors (Lipinski definition) is 4. The normalized spacial score (nSPS) is 12.7. The fraction of sp³-hybridized carbons (Fsp3) is 0.286. The predicted octanol–water partition coefficient (Wildman–Crippen LogP) is 10.5. The molecule has 2 atom stereocenters. The van der Waals surface area contributed by atoms with Crippen molar-refractivity contribution < 1.29 is 28.7 Å². The van der Waals surface area contributed by atoms with Gasteiger partial charge in [0.05, 0.1) is 9.49 Å². The summed E-state index contributed by atoms with van der Waals surface area (Å²) in [5, 5.41) is 11.5. The predicted molar refractivity (Wildman–Crippen MR) is 276 cm³/mol. The lowest BCUT2D eigenvalue weighted by molar-refractivity contribution is -0.124. The van der Waals surface area contributed by atoms with Crippen LogP contribution in [-0.2, 0) is 28.6 Å². The van der Waals surface area contributed by atoms with Crippen molar-refractivity contribution in [2.24, 2.45) is 0 Å². The largest absolute Gasteiger partial charge is 0.444 e. The lowest BCUT2D eigenvalue weighted by atomic mass is 9.84. The van der Waals surface area contributed by atoms with Crippen LogP contribution in [0.15, 0.2) is 182 Å². The van der Waals surface area contributed by atoms with Crippen molar-refractivity contribution in [1.29, 1.82) is 0 Å². The molecule has 0 aliphatic carbocycles. The molecule has 0 radical (unpaired) electrons. The summed E-state index contributed by atoms with van der Waals surface area (Å²) >= 11 is 3.06. The van der Waals surface area contributed by atoms with Gasteiger partial charge in [-0.3, -0.25) is 9.59 Å². The molecule has 0 bridgehead atoms. The van der Waals surface area contributed by atoms with E-state index >= 15 is 0 Å². The van der Waals surface area contributed by atoms with Gasteiger partial charge >= 0.3 is 12.2 Å². The van der Waals surface area contributed by atoms with E-state index in [1.807, 2.05) is 109 Å². The van der Waals surface area contributed by atoms with E-state index in [2.05, 4.69) is 94.1 Å². The molecule has 0 unspecified atom stereocenters. The Labute approximate surface area is 409 Å². The Hall–Kier alpha value is -6.50. The van der Waals surface area contributed by atoms with Crippen LogP contribution in [0, 0.1) is 0 Å². The first-order chi connectivity index (χ1) is 32.6. The van der Waals surface area contributed by atoms with Crippen LogP contribution in [0.3, 0.4) is 0 Å². The van der Waals surface area contributed by atoms with Crippen LogP contribution in [0.25, 0.3) is 0 Å². The van der Waals surface area contributed by atoms with Gasteiger partial charge in [-0.05, 0) is 74.9 Å². The maximum atomic E-state index is 14.3. The zero-order valence-electron chi connectivity index (χ0n) is 39.6. The lowest BCUT2D eigenvalue weighted by Gasteiger charge is -2.36. The molecule has 4 N–H and O–H groups in total. The first-order valence-corrected chi connectivity index (χ1v) is 24.7. The first-order valence-electron chi connectivity index (χ1n) is 22.8. The third kappa shape index (κ3) is 13.6. The maximum Gasteiger partial charge on any atom is 0.408 e. The zero-order valence-corrected chi connectivity index (χ0v) is 41.2. The highest BCUT2D eigenvalue weighted by Gasteiger charge is 2.40. The molecule has 0 aliphatic heterocycles. The Morgan fingerprint density at radius 1 is 0.397 bits per heavy atom. The monoisotopic (exact) mass is 950 g/mol. The smallest absolute Gasteiger partial charge is 0.408 e. The number of benzene rings is 6. The average Bonchev–Trinajstić information content (AvgIpc) is 3.33. The summed E-state index contributed by atoms with van der Waals surface area (Å²) in [6.45, 7) is 10.6. The third-order valence-electron chi connectivity index (χ3n) is 10.8. The maximum absolute atomic E-state index is 14.3. The lowest BCUT2D eigenvalue weighted by Crippen LogP contribution is -2.53. The number of amides is 4. The number of rotatable bonds is 19. The summed E-state index contributed by atoms with van der Waals surface area (Å²) in [6.07, 6.45) is -1.47. The second kappa shape index (κ2) is 23.5. The Kier molecular flexibility index (Phi) is 17.6. The molecule has 0 spiro atoms. The van der Waals surface area contributed by atoms with Crippen molar-refractivity contribution in [3.05, 3.63) is 215 Å². The Balaban J connectivity index is 1.23. The molecule has 6 aromatic rings. The van der Waals surface area contributed by atoms with Crippen molar-refractivity contribution >= 4 is 47.5 Å². The van der Waals surface area contributed by atoms with Crippen molar-refractivity contribution in [2.45, 2.75) is 74.3 Å². The highest BCUT2D eigenvalue weighted by atomic mass is 32.2. The van der Waals surface area contributed by atoms with E-state index in [9.17, 15) is 19.2 Å². The van der Waals surface area contributed by atoms with E-state index in [-0.39, 0.29) is 24.6 Å². The van der Waals surface area contributed by atoms with Crippen LogP contribution in [0.2, 0.25) is 0 Å². The molecule has 4 amide bonds. The van der Waals surface area contributed by atoms with Crippen LogP contribution in [0.1, 0.15) is 74.9 Å². The van der Waals surface area contributed by atoms with Gasteiger partial charge in [0.2, 0.25) is 11.8 Å². The quantitative estimate of drug-likeness (QED) is 0.0466. The summed E-state index contributed by atoms with van der Waals surface area (Å²) < 4.78 is 9.75. The second-order valence-corrected chi connectivity index (χ2v) is 20.6. The molecule has 0 fully saturated rings. The van der Waals surface area contributed by atoms with Gasteiger partial charge in [0.1, 0.15) is 23.3 Å². The van der Waals surface area contributed by atoms with E-state index in [1.165, 1.54) is 23.5 Å². The first kappa shape index (κ1) is 50.9. The number of thioether (sulfide) groups is 2. The fourth-order valence-electron chi connectivity index (χ4n) is 7.84. The summed E-state index contributed by atoms with van der Waals surface area (Å²) in [4.78, 5) is 55.2. The zero-order chi connectivity index (χ0) is 48.6. The van der Waals surface area contributed by atoms with E-state index in [4.69, 9.17) is 9.47 Å². The molecule has 0 aromatic heterocycles.